The van der Waals surface area contributed by atoms with Crippen molar-refractivity contribution in [1.82, 2.24) is 9.80 Å². The third kappa shape index (κ3) is 4.94. The van der Waals surface area contributed by atoms with Crippen LogP contribution in [0.2, 0.25) is 0 Å². The number of rotatable bonds is 5. The molecule has 0 spiro atoms. The number of aryl methyl sites for hydroxylation is 1. The summed E-state index contributed by atoms with van der Waals surface area (Å²) in [6, 6.07) is 10.5. The maximum Gasteiger partial charge on any atom is 0.246 e. The molecule has 0 bridgehead atoms. The summed E-state index contributed by atoms with van der Waals surface area (Å²) in [6.07, 6.45) is 5.37. The first-order chi connectivity index (χ1) is 14.1. The van der Waals surface area contributed by atoms with Gasteiger partial charge < -0.3 is 10.0 Å². The first-order valence-electron chi connectivity index (χ1n) is 10.3. The number of fused-ring (bicyclic) bond motifs is 1. The Hall–Kier alpha value is -1.60. The highest BCUT2D eigenvalue weighted by Gasteiger charge is 2.28. The summed E-state index contributed by atoms with van der Waals surface area (Å²) < 4.78 is 0. The maximum absolute atomic E-state index is 12.4. The summed E-state index contributed by atoms with van der Waals surface area (Å²) in [5.41, 5.74) is 2.38. The number of thioether (sulfide) groups is 1. The van der Waals surface area contributed by atoms with Crippen LogP contribution in [0, 0.1) is 0 Å². The van der Waals surface area contributed by atoms with Gasteiger partial charge in [0.05, 0.1) is 6.10 Å². The highest BCUT2D eigenvalue weighted by atomic mass is 32.2. The van der Waals surface area contributed by atoms with Gasteiger partial charge in [0.25, 0.3) is 0 Å². The molecule has 4 nitrogen and oxygen atoms in total. The van der Waals surface area contributed by atoms with Gasteiger partial charge in [0, 0.05) is 48.1 Å². The van der Waals surface area contributed by atoms with E-state index in [-0.39, 0.29) is 11.9 Å². The number of carbonyl (C=O) groups is 1. The van der Waals surface area contributed by atoms with Gasteiger partial charge in [-0.05, 0) is 60.2 Å². The van der Waals surface area contributed by atoms with Gasteiger partial charge in [-0.2, -0.15) is 0 Å². The third-order valence-corrected chi connectivity index (χ3v) is 7.91. The molecule has 1 fully saturated rings. The van der Waals surface area contributed by atoms with Crippen molar-refractivity contribution in [2.24, 2.45) is 0 Å². The van der Waals surface area contributed by atoms with Crippen molar-refractivity contribution in [2.45, 2.75) is 36.8 Å². The quantitative estimate of drug-likeness (QED) is 0.730. The van der Waals surface area contributed by atoms with Crippen LogP contribution in [-0.2, 0) is 11.2 Å². The van der Waals surface area contributed by atoms with Gasteiger partial charge in [-0.15, -0.1) is 23.1 Å². The molecule has 1 amide bonds. The Kier molecular flexibility index (Phi) is 6.75. The number of piperazine rings is 1. The zero-order valence-corrected chi connectivity index (χ0v) is 18.4. The minimum atomic E-state index is -0.506. The number of hydrogen-bond acceptors (Lipinski definition) is 5. The number of nitrogens with zero attached hydrogens (tertiary/aromatic N) is 2. The maximum atomic E-state index is 12.4. The van der Waals surface area contributed by atoms with Crippen LogP contribution in [-0.4, -0.2) is 58.8 Å². The molecule has 1 aromatic heterocycles. The highest BCUT2D eigenvalue weighted by Crippen LogP contribution is 2.33. The Labute approximate surface area is 181 Å². The second-order valence-corrected chi connectivity index (χ2v) is 9.83. The molecule has 3 heterocycles. The van der Waals surface area contributed by atoms with E-state index in [1.165, 1.54) is 22.6 Å². The van der Waals surface area contributed by atoms with Crippen LogP contribution in [0.1, 0.15) is 35.5 Å². The minimum Gasteiger partial charge on any atom is -0.387 e. The number of amides is 1. The highest BCUT2D eigenvalue weighted by molar-refractivity contribution is 7.99. The molecular weight excluding hydrogens is 400 g/mol. The van der Waals surface area contributed by atoms with Crippen LogP contribution in [0.5, 0.6) is 0 Å². The van der Waals surface area contributed by atoms with Crippen molar-refractivity contribution in [1.29, 1.82) is 0 Å². The molecule has 29 heavy (non-hydrogen) atoms. The van der Waals surface area contributed by atoms with E-state index in [1.807, 2.05) is 40.3 Å². The zero-order valence-electron chi connectivity index (χ0n) is 16.8. The van der Waals surface area contributed by atoms with Crippen LogP contribution >= 0.6 is 23.1 Å². The molecule has 0 radical (unpaired) electrons. The number of benzene rings is 1. The SMILES string of the molecule is CC(C(O)c1ccc2c(c1)CCCS2)N1CCN(C(=O)/C=C/c2cccs2)CC1. The lowest BCUT2D eigenvalue weighted by atomic mass is 9.98. The van der Waals surface area contributed by atoms with Crippen molar-refractivity contribution in [2.75, 3.05) is 31.9 Å². The fourth-order valence-electron chi connectivity index (χ4n) is 4.04. The second kappa shape index (κ2) is 9.47. The summed E-state index contributed by atoms with van der Waals surface area (Å²) in [4.78, 5) is 19.1. The Morgan fingerprint density at radius 2 is 2.03 bits per heavy atom. The lowest BCUT2D eigenvalue weighted by molar-refractivity contribution is -0.128. The molecule has 6 heteroatoms. The van der Waals surface area contributed by atoms with E-state index in [1.54, 1.807) is 17.4 Å². The smallest absolute Gasteiger partial charge is 0.246 e. The first-order valence-corrected chi connectivity index (χ1v) is 12.2. The Morgan fingerprint density at radius 1 is 1.21 bits per heavy atom. The lowest BCUT2D eigenvalue weighted by Gasteiger charge is -2.39. The number of hydrogen-bond donors (Lipinski definition) is 1. The fraction of sp³-hybridized carbons (Fsp3) is 0.435. The van der Waals surface area contributed by atoms with Crippen LogP contribution < -0.4 is 0 Å². The summed E-state index contributed by atoms with van der Waals surface area (Å²) >= 11 is 3.55. The normalized spacial score (nSPS) is 19.9. The molecule has 2 aliphatic heterocycles. The number of aliphatic hydroxyl groups excluding tert-OH is 1. The molecule has 1 N–H and O–H groups in total. The first kappa shape index (κ1) is 20.7. The fourth-order valence-corrected chi connectivity index (χ4v) is 5.67. The molecule has 1 saturated heterocycles. The third-order valence-electron chi connectivity index (χ3n) is 5.87. The van der Waals surface area contributed by atoms with Crippen molar-refractivity contribution in [3.05, 3.63) is 57.8 Å². The molecule has 2 aromatic rings. The van der Waals surface area contributed by atoms with E-state index in [0.717, 1.165) is 30.0 Å². The number of carbonyl (C=O) groups excluding carboxylic acids is 1. The molecule has 0 saturated carbocycles. The second-order valence-electron chi connectivity index (χ2n) is 7.71. The minimum absolute atomic E-state index is 0.0307. The van der Waals surface area contributed by atoms with Gasteiger partial charge in [0.2, 0.25) is 5.91 Å². The standard InChI is InChI=1S/C23H28N2O2S2/c1-17(23(27)19-6-8-21-18(16-19)4-2-15-29-21)24-10-12-25(13-11-24)22(26)9-7-20-5-3-14-28-20/h3,5-9,14,16-17,23,27H,2,4,10-13,15H2,1H3/b9-7+. The van der Waals surface area contributed by atoms with Gasteiger partial charge in [-0.1, -0.05) is 18.2 Å². The Bertz CT molecular complexity index is 858. The predicted octanol–water partition coefficient (Wildman–Crippen LogP) is 4.07. The van der Waals surface area contributed by atoms with Crippen molar-refractivity contribution in [3.63, 3.8) is 0 Å². The summed E-state index contributed by atoms with van der Waals surface area (Å²) in [6.45, 7) is 5.07. The lowest BCUT2D eigenvalue weighted by Crippen LogP contribution is -2.52. The van der Waals surface area contributed by atoms with E-state index >= 15 is 0 Å². The molecular formula is C23H28N2O2S2. The van der Waals surface area contributed by atoms with Gasteiger partial charge in [0.15, 0.2) is 0 Å². The van der Waals surface area contributed by atoms with Crippen LogP contribution in [0.25, 0.3) is 6.08 Å². The van der Waals surface area contributed by atoms with Gasteiger partial charge in [0.1, 0.15) is 0 Å². The molecule has 2 aliphatic rings. The zero-order chi connectivity index (χ0) is 20.2. The summed E-state index contributed by atoms with van der Waals surface area (Å²) in [5.74, 6) is 1.26. The van der Waals surface area contributed by atoms with E-state index in [4.69, 9.17) is 0 Å². The van der Waals surface area contributed by atoms with Gasteiger partial charge >= 0.3 is 0 Å². The van der Waals surface area contributed by atoms with Crippen molar-refractivity contribution in [3.8, 4) is 0 Å². The van der Waals surface area contributed by atoms with Crippen LogP contribution in [0.15, 0.2) is 46.7 Å². The van der Waals surface area contributed by atoms with E-state index in [9.17, 15) is 9.90 Å². The molecule has 2 atom stereocenters. The molecule has 1 aromatic carbocycles. The van der Waals surface area contributed by atoms with Crippen molar-refractivity contribution < 1.29 is 9.90 Å². The molecule has 0 aliphatic carbocycles. The Balaban J connectivity index is 1.32. The largest absolute Gasteiger partial charge is 0.387 e. The van der Waals surface area contributed by atoms with E-state index < -0.39 is 6.10 Å². The van der Waals surface area contributed by atoms with E-state index in [2.05, 4.69) is 30.0 Å². The number of thiophene rings is 1. The monoisotopic (exact) mass is 428 g/mol. The average molecular weight is 429 g/mol. The van der Waals surface area contributed by atoms with Crippen molar-refractivity contribution >= 4 is 35.1 Å². The topological polar surface area (TPSA) is 43.8 Å². The number of aliphatic hydroxyl groups is 1. The molecule has 154 valence electrons. The van der Waals surface area contributed by atoms with E-state index in [0.29, 0.717) is 13.1 Å². The van der Waals surface area contributed by atoms with Crippen LogP contribution in [0.3, 0.4) is 0 Å². The summed E-state index contributed by atoms with van der Waals surface area (Å²) in [7, 11) is 0. The average Bonchev–Trinajstić information content (AvgIpc) is 3.30. The van der Waals surface area contributed by atoms with Gasteiger partial charge in [-0.3, -0.25) is 9.69 Å². The Morgan fingerprint density at radius 3 is 2.79 bits per heavy atom. The van der Waals surface area contributed by atoms with Crippen LogP contribution in [0.4, 0.5) is 0 Å². The molecule has 4 rings (SSSR count). The summed E-state index contributed by atoms with van der Waals surface area (Å²) in [5, 5.41) is 13.0. The predicted molar refractivity (Wildman–Crippen MR) is 121 cm³/mol. The molecule has 2 unspecified atom stereocenters. The van der Waals surface area contributed by atoms with Gasteiger partial charge in [-0.25, -0.2) is 0 Å².